The molecular formula is C13H11Cl3N2O2S. The van der Waals surface area contributed by atoms with E-state index in [1.165, 1.54) is 30.3 Å². The largest absolute Gasteiger partial charge is 0.398 e. The van der Waals surface area contributed by atoms with Crippen LogP contribution in [-0.4, -0.2) is 8.42 Å². The maximum absolute atomic E-state index is 12.3. The van der Waals surface area contributed by atoms with Crippen LogP contribution >= 0.6 is 34.8 Å². The van der Waals surface area contributed by atoms with Gasteiger partial charge in [0, 0.05) is 20.8 Å². The zero-order valence-corrected chi connectivity index (χ0v) is 13.9. The summed E-state index contributed by atoms with van der Waals surface area (Å²) in [5.74, 6) is 0. The molecule has 2 aromatic rings. The fraction of sp³-hybridized carbons (Fsp3) is 0.0769. The van der Waals surface area contributed by atoms with Gasteiger partial charge in [0.2, 0.25) is 0 Å². The zero-order chi connectivity index (χ0) is 15.8. The molecule has 0 aromatic heterocycles. The molecule has 21 heavy (non-hydrogen) atoms. The molecule has 0 heterocycles. The number of rotatable bonds is 3. The van der Waals surface area contributed by atoms with E-state index in [1.807, 2.05) is 0 Å². The minimum atomic E-state index is -3.84. The van der Waals surface area contributed by atoms with E-state index >= 15 is 0 Å². The maximum atomic E-state index is 12.3. The summed E-state index contributed by atoms with van der Waals surface area (Å²) in [7, 11) is -3.84. The lowest BCUT2D eigenvalue weighted by Crippen LogP contribution is -2.13. The molecule has 112 valence electrons. The normalized spacial score (nSPS) is 11.4. The van der Waals surface area contributed by atoms with E-state index in [2.05, 4.69) is 4.72 Å². The molecule has 3 N–H and O–H groups in total. The molecule has 4 nitrogen and oxygen atoms in total. The van der Waals surface area contributed by atoms with Crippen LogP contribution in [0.25, 0.3) is 0 Å². The van der Waals surface area contributed by atoms with Crippen LogP contribution < -0.4 is 10.5 Å². The van der Waals surface area contributed by atoms with Crippen molar-refractivity contribution in [3.05, 3.63) is 51.0 Å². The average Bonchev–Trinajstić information content (AvgIpc) is 2.33. The Hall–Kier alpha value is -1.14. The van der Waals surface area contributed by atoms with E-state index in [0.29, 0.717) is 21.3 Å². The second kappa shape index (κ2) is 5.93. The Bertz CT molecular complexity index is 764. The fourth-order valence-electron chi connectivity index (χ4n) is 1.66. The number of nitrogens with two attached hydrogens (primary N) is 1. The van der Waals surface area contributed by atoms with E-state index in [0.717, 1.165) is 0 Å². The van der Waals surface area contributed by atoms with Crippen LogP contribution in [0.1, 0.15) is 5.56 Å². The van der Waals surface area contributed by atoms with Crippen LogP contribution in [0.5, 0.6) is 0 Å². The molecule has 0 aliphatic rings. The lowest BCUT2D eigenvalue weighted by molar-refractivity contribution is 0.601. The maximum Gasteiger partial charge on any atom is 0.262 e. The van der Waals surface area contributed by atoms with E-state index in [9.17, 15) is 8.42 Å². The minimum absolute atomic E-state index is 0.0355. The number of halogens is 3. The Morgan fingerprint density at radius 1 is 1.00 bits per heavy atom. The number of sulfonamides is 1. The monoisotopic (exact) mass is 364 g/mol. The van der Waals surface area contributed by atoms with Gasteiger partial charge in [-0.15, -0.1) is 0 Å². The molecule has 0 bridgehead atoms. The lowest BCUT2D eigenvalue weighted by atomic mass is 10.2. The van der Waals surface area contributed by atoms with Gasteiger partial charge in [-0.1, -0.05) is 34.8 Å². The molecule has 0 saturated carbocycles. The molecule has 0 spiro atoms. The SMILES string of the molecule is Cc1c(N)cc(S(=O)(=O)Nc2cc(Cl)cc(Cl)c2)cc1Cl. The van der Waals surface area contributed by atoms with Gasteiger partial charge in [0.1, 0.15) is 0 Å². The highest BCUT2D eigenvalue weighted by Gasteiger charge is 2.17. The molecule has 0 atom stereocenters. The number of benzene rings is 2. The molecule has 0 radical (unpaired) electrons. The highest BCUT2D eigenvalue weighted by atomic mass is 35.5. The van der Waals surface area contributed by atoms with Gasteiger partial charge in [-0.25, -0.2) is 8.42 Å². The third-order valence-corrected chi connectivity index (χ3v) is 4.97. The number of nitrogen functional groups attached to an aromatic ring is 1. The molecular weight excluding hydrogens is 355 g/mol. The van der Waals surface area contributed by atoms with Gasteiger partial charge in [-0.2, -0.15) is 0 Å². The quantitative estimate of drug-likeness (QED) is 0.795. The van der Waals surface area contributed by atoms with Gasteiger partial charge in [0.25, 0.3) is 10.0 Å². The number of hydrogen-bond acceptors (Lipinski definition) is 3. The summed E-state index contributed by atoms with van der Waals surface area (Å²) in [6.07, 6.45) is 0. The van der Waals surface area contributed by atoms with Gasteiger partial charge < -0.3 is 5.73 Å². The molecule has 2 aromatic carbocycles. The second-order valence-corrected chi connectivity index (χ2v) is 7.35. The standard InChI is InChI=1S/C13H11Cl3N2O2S/c1-7-12(16)5-11(6-13(7)17)21(19,20)18-10-3-8(14)2-9(15)4-10/h2-6,18H,17H2,1H3. The topological polar surface area (TPSA) is 72.2 Å². The van der Waals surface area contributed by atoms with Crippen LogP contribution in [0, 0.1) is 6.92 Å². The first-order valence-electron chi connectivity index (χ1n) is 5.73. The van der Waals surface area contributed by atoms with Crippen LogP contribution in [0.15, 0.2) is 35.2 Å². The second-order valence-electron chi connectivity index (χ2n) is 4.38. The van der Waals surface area contributed by atoms with E-state index in [-0.39, 0.29) is 15.6 Å². The first kappa shape index (κ1) is 16.2. The van der Waals surface area contributed by atoms with Crippen molar-refractivity contribution >= 4 is 56.2 Å². The smallest absolute Gasteiger partial charge is 0.262 e. The number of nitrogens with one attached hydrogen (secondary N) is 1. The number of hydrogen-bond donors (Lipinski definition) is 2. The molecule has 8 heteroatoms. The summed E-state index contributed by atoms with van der Waals surface area (Å²) < 4.78 is 27.0. The van der Waals surface area contributed by atoms with Crippen LogP contribution in [0.3, 0.4) is 0 Å². The summed E-state index contributed by atoms with van der Waals surface area (Å²) in [5.41, 5.74) is 6.92. The van der Waals surface area contributed by atoms with Crippen LogP contribution in [-0.2, 0) is 10.0 Å². The Morgan fingerprint density at radius 2 is 1.57 bits per heavy atom. The lowest BCUT2D eigenvalue weighted by Gasteiger charge is -2.11. The van der Waals surface area contributed by atoms with Crippen molar-refractivity contribution in [3.8, 4) is 0 Å². The Labute approximate surface area is 137 Å². The molecule has 2 rings (SSSR count). The molecule has 0 fully saturated rings. The van der Waals surface area contributed by atoms with Crippen molar-refractivity contribution in [1.82, 2.24) is 0 Å². The highest BCUT2D eigenvalue weighted by Crippen LogP contribution is 2.28. The van der Waals surface area contributed by atoms with E-state index in [4.69, 9.17) is 40.5 Å². The average molecular weight is 366 g/mol. The van der Waals surface area contributed by atoms with E-state index in [1.54, 1.807) is 6.92 Å². The van der Waals surface area contributed by atoms with Gasteiger partial charge >= 0.3 is 0 Å². The molecule has 0 amide bonds. The van der Waals surface area contributed by atoms with Crippen LogP contribution in [0.2, 0.25) is 15.1 Å². The first-order valence-corrected chi connectivity index (χ1v) is 8.35. The summed E-state index contributed by atoms with van der Waals surface area (Å²) in [5, 5.41) is 0.919. The van der Waals surface area contributed by atoms with E-state index < -0.39 is 10.0 Å². The highest BCUT2D eigenvalue weighted by molar-refractivity contribution is 7.92. The third-order valence-electron chi connectivity index (χ3n) is 2.78. The summed E-state index contributed by atoms with van der Waals surface area (Å²) >= 11 is 17.6. The predicted molar refractivity (Wildman–Crippen MR) is 87.9 cm³/mol. The van der Waals surface area contributed by atoms with Crippen molar-refractivity contribution in [2.45, 2.75) is 11.8 Å². The van der Waals surface area contributed by atoms with Crippen molar-refractivity contribution in [1.29, 1.82) is 0 Å². The van der Waals surface area contributed by atoms with Crippen molar-refractivity contribution in [2.24, 2.45) is 0 Å². The minimum Gasteiger partial charge on any atom is -0.398 e. The van der Waals surface area contributed by atoms with Gasteiger partial charge in [-0.05, 0) is 42.8 Å². The number of anilines is 2. The molecule has 0 aliphatic heterocycles. The third kappa shape index (κ3) is 3.74. The van der Waals surface area contributed by atoms with Crippen molar-refractivity contribution in [2.75, 3.05) is 10.5 Å². The van der Waals surface area contributed by atoms with Crippen molar-refractivity contribution in [3.63, 3.8) is 0 Å². The van der Waals surface area contributed by atoms with Gasteiger partial charge in [-0.3, -0.25) is 4.72 Å². The van der Waals surface area contributed by atoms with Gasteiger partial charge in [0.05, 0.1) is 10.6 Å². The Kier molecular flexibility index (Phi) is 4.58. The van der Waals surface area contributed by atoms with Crippen LogP contribution in [0.4, 0.5) is 11.4 Å². The first-order chi connectivity index (χ1) is 9.69. The summed E-state index contributed by atoms with van der Waals surface area (Å²) in [6, 6.07) is 7.08. The molecule has 0 saturated heterocycles. The summed E-state index contributed by atoms with van der Waals surface area (Å²) in [6.45, 7) is 1.71. The fourth-order valence-corrected chi connectivity index (χ4v) is 3.57. The predicted octanol–water partition coefficient (Wildman–Crippen LogP) is 4.34. The summed E-state index contributed by atoms with van der Waals surface area (Å²) in [4.78, 5) is -0.0355. The van der Waals surface area contributed by atoms with Crippen molar-refractivity contribution < 1.29 is 8.42 Å². The zero-order valence-electron chi connectivity index (χ0n) is 10.8. The molecule has 0 unspecified atom stereocenters. The Morgan fingerprint density at radius 3 is 2.10 bits per heavy atom. The molecule has 0 aliphatic carbocycles. The Balaban J connectivity index is 2.43. The van der Waals surface area contributed by atoms with Gasteiger partial charge in [0.15, 0.2) is 0 Å².